The van der Waals surface area contributed by atoms with Crippen molar-refractivity contribution in [1.82, 2.24) is 15.6 Å². The smallest absolute Gasteiger partial charge is 0.191 e. The van der Waals surface area contributed by atoms with E-state index in [0.717, 1.165) is 28.5 Å². The highest BCUT2D eigenvalue weighted by molar-refractivity contribution is 14.0. The Balaban J connectivity index is 0.00000300. The van der Waals surface area contributed by atoms with Gasteiger partial charge in [0.05, 0.1) is 14.2 Å². The number of rotatable bonds is 7. The molecule has 0 radical (unpaired) electrons. The van der Waals surface area contributed by atoms with Crippen LogP contribution in [0.4, 0.5) is 4.39 Å². The summed E-state index contributed by atoms with van der Waals surface area (Å²) in [6.45, 7) is 1.24. The molecular weight excluding hydrogens is 486 g/mol. The van der Waals surface area contributed by atoms with Gasteiger partial charge in [-0.15, -0.1) is 24.0 Å². The monoisotopic (exact) mass is 512 g/mol. The van der Waals surface area contributed by atoms with Crippen LogP contribution in [0.1, 0.15) is 11.1 Å². The van der Waals surface area contributed by atoms with Gasteiger partial charge < -0.3 is 25.1 Å². The molecule has 0 saturated heterocycles. The summed E-state index contributed by atoms with van der Waals surface area (Å²) < 4.78 is 24.1. The SMILES string of the molecule is CN=C(NCCc1c[nH]c2cc(F)ccc12)NCc1cccc(OC)c1OC.I. The molecule has 3 aromatic rings. The van der Waals surface area contributed by atoms with Crippen LogP contribution in [0, 0.1) is 5.82 Å². The lowest BCUT2D eigenvalue weighted by molar-refractivity contribution is 0.351. The first kappa shape index (κ1) is 22.8. The molecule has 8 heteroatoms. The van der Waals surface area contributed by atoms with Gasteiger partial charge >= 0.3 is 0 Å². The van der Waals surface area contributed by atoms with Gasteiger partial charge in [0.1, 0.15) is 5.82 Å². The number of fused-ring (bicyclic) bond motifs is 1. The van der Waals surface area contributed by atoms with Gasteiger partial charge in [-0.3, -0.25) is 4.99 Å². The van der Waals surface area contributed by atoms with Gasteiger partial charge in [-0.05, 0) is 36.2 Å². The molecular formula is C21H26FIN4O2. The molecule has 3 N–H and O–H groups in total. The molecule has 6 nitrogen and oxygen atoms in total. The van der Waals surface area contributed by atoms with Gasteiger partial charge in [0.2, 0.25) is 0 Å². The van der Waals surface area contributed by atoms with E-state index in [0.29, 0.717) is 30.5 Å². The lowest BCUT2D eigenvalue weighted by atomic mass is 10.1. The molecule has 0 atom stereocenters. The molecule has 2 aromatic carbocycles. The molecule has 1 aromatic heterocycles. The van der Waals surface area contributed by atoms with E-state index in [1.165, 1.54) is 12.1 Å². The lowest BCUT2D eigenvalue weighted by Crippen LogP contribution is -2.37. The number of ether oxygens (including phenoxy) is 2. The molecule has 3 rings (SSSR count). The normalized spacial score (nSPS) is 11.1. The summed E-state index contributed by atoms with van der Waals surface area (Å²) in [5.74, 6) is 1.85. The van der Waals surface area contributed by atoms with Crippen molar-refractivity contribution >= 4 is 40.8 Å². The van der Waals surface area contributed by atoms with E-state index in [-0.39, 0.29) is 29.8 Å². The summed E-state index contributed by atoms with van der Waals surface area (Å²) in [4.78, 5) is 7.37. The Kier molecular flexibility index (Phi) is 8.56. The number of methoxy groups -OCH3 is 2. The first-order valence-corrected chi connectivity index (χ1v) is 9.06. The molecule has 0 fully saturated rings. The Hall–Kier alpha value is -2.49. The van der Waals surface area contributed by atoms with Crippen LogP contribution in [0.15, 0.2) is 47.6 Å². The third kappa shape index (κ3) is 5.53. The summed E-state index contributed by atoms with van der Waals surface area (Å²) in [5.41, 5.74) is 2.92. The summed E-state index contributed by atoms with van der Waals surface area (Å²) >= 11 is 0. The number of nitrogens with one attached hydrogen (secondary N) is 3. The van der Waals surface area contributed by atoms with Crippen molar-refractivity contribution in [3.05, 3.63) is 59.5 Å². The zero-order valence-electron chi connectivity index (χ0n) is 16.7. The van der Waals surface area contributed by atoms with E-state index in [4.69, 9.17) is 9.47 Å². The highest BCUT2D eigenvalue weighted by Crippen LogP contribution is 2.30. The number of aromatic amines is 1. The summed E-state index contributed by atoms with van der Waals surface area (Å²) in [6.07, 6.45) is 2.71. The molecule has 1 heterocycles. The van der Waals surface area contributed by atoms with Crippen molar-refractivity contribution in [2.24, 2.45) is 4.99 Å². The predicted molar refractivity (Wildman–Crippen MR) is 125 cm³/mol. The number of H-pyrrole nitrogens is 1. The number of hydrogen-bond acceptors (Lipinski definition) is 3. The van der Waals surface area contributed by atoms with E-state index in [1.807, 2.05) is 24.4 Å². The van der Waals surface area contributed by atoms with Crippen LogP contribution in [0.3, 0.4) is 0 Å². The minimum Gasteiger partial charge on any atom is -0.493 e. The highest BCUT2D eigenvalue weighted by Gasteiger charge is 2.10. The number of para-hydroxylation sites is 1. The predicted octanol–water partition coefficient (Wildman–Crippen LogP) is 3.85. The number of guanidine groups is 1. The molecule has 0 aliphatic heterocycles. The van der Waals surface area contributed by atoms with Gasteiger partial charge in [0.25, 0.3) is 0 Å². The van der Waals surface area contributed by atoms with Crippen LogP contribution < -0.4 is 20.1 Å². The third-order valence-electron chi connectivity index (χ3n) is 4.57. The Bertz CT molecular complexity index is 974. The van der Waals surface area contributed by atoms with Crippen LogP contribution in [-0.4, -0.2) is 38.8 Å². The second kappa shape index (κ2) is 10.9. The fourth-order valence-corrected chi connectivity index (χ4v) is 3.17. The molecule has 156 valence electrons. The van der Waals surface area contributed by atoms with E-state index >= 15 is 0 Å². The average molecular weight is 512 g/mol. The molecule has 0 amide bonds. The number of benzene rings is 2. The van der Waals surface area contributed by atoms with Crippen LogP contribution in [0.5, 0.6) is 11.5 Å². The van der Waals surface area contributed by atoms with E-state index in [2.05, 4.69) is 20.6 Å². The van der Waals surface area contributed by atoms with Gasteiger partial charge in [-0.25, -0.2) is 4.39 Å². The largest absolute Gasteiger partial charge is 0.493 e. The van der Waals surface area contributed by atoms with E-state index in [9.17, 15) is 4.39 Å². The summed E-state index contributed by atoms with van der Waals surface area (Å²) in [6, 6.07) is 10.6. The van der Waals surface area contributed by atoms with Crippen LogP contribution in [-0.2, 0) is 13.0 Å². The Labute approximate surface area is 186 Å². The summed E-state index contributed by atoms with van der Waals surface area (Å²) in [5, 5.41) is 7.62. The van der Waals surface area contributed by atoms with Gasteiger partial charge in [0.15, 0.2) is 17.5 Å². The molecule has 0 unspecified atom stereocenters. The van der Waals surface area contributed by atoms with Gasteiger partial charge in [-0.1, -0.05) is 12.1 Å². The first-order chi connectivity index (χ1) is 13.7. The third-order valence-corrected chi connectivity index (χ3v) is 4.57. The average Bonchev–Trinajstić information content (AvgIpc) is 3.11. The molecule has 29 heavy (non-hydrogen) atoms. The van der Waals surface area contributed by atoms with Crippen LogP contribution in [0.25, 0.3) is 10.9 Å². The maximum Gasteiger partial charge on any atom is 0.191 e. The molecule has 0 aliphatic rings. The van der Waals surface area contributed by atoms with Gasteiger partial charge in [-0.2, -0.15) is 0 Å². The Morgan fingerprint density at radius 1 is 1.10 bits per heavy atom. The van der Waals surface area contributed by atoms with Crippen molar-refractivity contribution in [2.75, 3.05) is 27.8 Å². The van der Waals surface area contributed by atoms with Gasteiger partial charge in [0, 0.05) is 42.8 Å². The quantitative estimate of drug-likeness (QED) is 0.256. The zero-order valence-corrected chi connectivity index (χ0v) is 19.0. The summed E-state index contributed by atoms with van der Waals surface area (Å²) in [7, 11) is 4.97. The lowest BCUT2D eigenvalue weighted by Gasteiger charge is -2.15. The van der Waals surface area contributed by atoms with Crippen molar-refractivity contribution in [3.8, 4) is 11.5 Å². The standard InChI is InChI=1S/C21H25FN4O2.HI/c1-23-21(26-13-15-5-4-6-19(27-2)20(15)28-3)24-10-9-14-12-25-18-11-16(22)7-8-17(14)18;/h4-8,11-12,25H,9-10,13H2,1-3H3,(H2,23,24,26);1H. The number of aliphatic imine (C=N–C) groups is 1. The number of halogens is 2. The zero-order chi connectivity index (χ0) is 19.9. The van der Waals surface area contributed by atoms with Crippen LogP contribution in [0.2, 0.25) is 0 Å². The number of aromatic nitrogens is 1. The second-order valence-electron chi connectivity index (χ2n) is 6.26. The minimum atomic E-state index is -0.239. The number of nitrogens with zero attached hydrogens (tertiary/aromatic N) is 1. The Morgan fingerprint density at radius 2 is 1.93 bits per heavy atom. The van der Waals surface area contributed by atoms with Crippen molar-refractivity contribution in [2.45, 2.75) is 13.0 Å². The topological polar surface area (TPSA) is 70.7 Å². The minimum absolute atomic E-state index is 0. The van der Waals surface area contributed by atoms with Crippen molar-refractivity contribution in [1.29, 1.82) is 0 Å². The maximum absolute atomic E-state index is 13.3. The number of hydrogen-bond donors (Lipinski definition) is 3. The van der Waals surface area contributed by atoms with E-state index < -0.39 is 0 Å². The maximum atomic E-state index is 13.3. The van der Waals surface area contributed by atoms with Crippen molar-refractivity contribution < 1.29 is 13.9 Å². The highest BCUT2D eigenvalue weighted by atomic mass is 127. The fraction of sp³-hybridized carbons (Fsp3) is 0.286. The fourth-order valence-electron chi connectivity index (χ4n) is 3.17. The van der Waals surface area contributed by atoms with E-state index in [1.54, 1.807) is 27.3 Å². The second-order valence-corrected chi connectivity index (χ2v) is 6.26. The molecule has 0 bridgehead atoms. The Morgan fingerprint density at radius 3 is 2.66 bits per heavy atom. The van der Waals surface area contributed by atoms with Crippen molar-refractivity contribution in [3.63, 3.8) is 0 Å². The first-order valence-electron chi connectivity index (χ1n) is 9.06. The molecule has 0 aliphatic carbocycles. The molecule has 0 spiro atoms. The van der Waals surface area contributed by atoms with Crippen LogP contribution >= 0.6 is 24.0 Å². The molecule has 0 saturated carbocycles.